The molecule has 0 aliphatic rings. The molecule has 3 aromatic carbocycles. The van der Waals surface area contributed by atoms with Crippen LogP contribution in [0.1, 0.15) is 5.56 Å². The van der Waals surface area contributed by atoms with Crippen molar-refractivity contribution in [1.29, 1.82) is 0 Å². The first-order chi connectivity index (χ1) is 13.9. The van der Waals surface area contributed by atoms with Crippen molar-refractivity contribution in [3.05, 3.63) is 94.7 Å². The van der Waals surface area contributed by atoms with Crippen molar-refractivity contribution < 1.29 is 17.6 Å². The third-order valence-electron chi connectivity index (χ3n) is 4.12. The van der Waals surface area contributed by atoms with Gasteiger partial charge in [0.1, 0.15) is 5.82 Å². The molecule has 0 heterocycles. The van der Waals surface area contributed by atoms with Gasteiger partial charge in [0.25, 0.3) is 0 Å². The van der Waals surface area contributed by atoms with Gasteiger partial charge in [0, 0.05) is 11.0 Å². The van der Waals surface area contributed by atoms with Crippen molar-refractivity contribution in [3.63, 3.8) is 0 Å². The zero-order valence-electron chi connectivity index (χ0n) is 15.3. The quantitative estimate of drug-likeness (QED) is 0.548. The summed E-state index contributed by atoms with van der Waals surface area (Å²) >= 11 is 3.35. The highest BCUT2D eigenvalue weighted by Gasteiger charge is 2.27. The van der Waals surface area contributed by atoms with Gasteiger partial charge in [-0.2, -0.15) is 4.31 Å². The molecule has 3 rings (SSSR count). The summed E-state index contributed by atoms with van der Waals surface area (Å²) in [6.45, 7) is -0.389. The van der Waals surface area contributed by atoms with Crippen LogP contribution in [0.3, 0.4) is 0 Å². The number of hydrogen-bond donors (Lipinski definition) is 1. The molecule has 0 spiro atoms. The number of halogens is 2. The van der Waals surface area contributed by atoms with Gasteiger partial charge in [0.15, 0.2) is 0 Å². The summed E-state index contributed by atoms with van der Waals surface area (Å²) < 4.78 is 41.2. The smallest absolute Gasteiger partial charge is 0.243 e. The zero-order valence-corrected chi connectivity index (χ0v) is 17.7. The molecule has 0 aliphatic heterocycles. The van der Waals surface area contributed by atoms with E-state index in [9.17, 15) is 17.6 Å². The summed E-state index contributed by atoms with van der Waals surface area (Å²) in [5, 5.41) is 2.71. The minimum absolute atomic E-state index is 0.00390. The van der Waals surface area contributed by atoms with Crippen LogP contribution in [0.5, 0.6) is 0 Å². The normalized spacial score (nSPS) is 11.4. The van der Waals surface area contributed by atoms with Gasteiger partial charge in [-0.05, 0) is 57.9 Å². The van der Waals surface area contributed by atoms with E-state index < -0.39 is 28.3 Å². The Morgan fingerprint density at radius 3 is 2.21 bits per heavy atom. The molecule has 0 aliphatic carbocycles. The fourth-order valence-corrected chi connectivity index (χ4v) is 4.45. The number of para-hydroxylation sites is 1. The van der Waals surface area contributed by atoms with Crippen LogP contribution in [-0.4, -0.2) is 25.2 Å². The van der Waals surface area contributed by atoms with E-state index in [2.05, 4.69) is 21.2 Å². The Morgan fingerprint density at radius 2 is 1.55 bits per heavy atom. The average Bonchev–Trinajstić information content (AvgIpc) is 2.70. The molecule has 0 fully saturated rings. The van der Waals surface area contributed by atoms with E-state index in [4.69, 9.17) is 0 Å². The Balaban J connectivity index is 1.87. The van der Waals surface area contributed by atoms with Crippen molar-refractivity contribution in [2.45, 2.75) is 11.4 Å². The van der Waals surface area contributed by atoms with Crippen LogP contribution in [-0.2, 0) is 21.4 Å². The Hall–Kier alpha value is -2.55. The molecule has 0 bridgehead atoms. The number of anilines is 1. The Morgan fingerprint density at radius 1 is 0.931 bits per heavy atom. The Kier molecular flexibility index (Phi) is 6.79. The summed E-state index contributed by atoms with van der Waals surface area (Å²) in [5.74, 6) is -1.02. The first-order valence-electron chi connectivity index (χ1n) is 8.70. The maximum absolute atomic E-state index is 13.2. The van der Waals surface area contributed by atoms with Crippen LogP contribution in [0.25, 0.3) is 0 Å². The summed E-state index contributed by atoms with van der Waals surface area (Å²) in [6, 6.07) is 20.5. The van der Waals surface area contributed by atoms with Gasteiger partial charge >= 0.3 is 0 Å². The van der Waals surface area contributed by atoms with Crippen LogP contribution in [0, 0.1) is 5.82 Å². The second kappa shape index (κ2) is 9.30. The fraction of sp³-hybridized carbons (Fsp3) is 0.0952. The van der Waals surface area contributed by atoms with Gasteiger partial charge < -0.3 is 5.32 Å². The molecule has 150 valence electrons. The number of amides is 1. The fourth-order valence-electron chi connectivity index (χ4n) is 2.68. The Labute approximate surface area is 177 Å². The summed E-state index contributed by atoms with van der Waals surface area (Å²) in [6.07, 6.45) is 0. The lowest BCUT2D eigenvalue weighted by molar-refractivity contribution is -0.116. The van der Waals surface area contributed by atoms with Crippen LogP contribution in [0.15, 0.2) is 88.2 Å². The lowest BCUT2D eigenvalue weighted by atomic mass is 10.2. The molecule has 0 atom stereocenters. The van der Waals surface area contributed by atoms with Crippen molar-refractivity contribution in [3.8, 4) is 0 Å². The van der Waals surface area contributed by atoms with Gasteiger partial charge in [-0.25, -0.2) is 12.8 Å². The molecule has 8 heteroatoms. The molecule has 1 N–H and O–H groups in total. The molecule has 0 radical (unpaired) electrons. The van der Waals surface area contributed by atoms with E-state index in [1.165, 1.54) is 12.1 Å². The number of benzene rings is 3. The third kappa shape index (κ3) is 5.50. The first kappa shape index (κ1) is 21.2. The number of nitrogens with one attached hydrogen (secondary N) is 1. The zero-order chi connectivity index (χ0) is 20.9. The van der Waals surface area contributed by atoms with Crippen molar-refractivity contribution >= 4 is 37.5 Å². The molecule has 0 saturated heterocycles. The van der Waals surface area contributed by atoms with E-state index in [-0.39, 0.29) is 11.4 Å². The lowest BCUT2D eigenvalue weighted by Gasteiger charge is -2.22. The second-order valence-electron chi connectivity index (χ2n) is 6.24. The highest BCUT2D eigenvalue weighted by molar-refractivity contribution is 9.10. The van der Waals surface area contributed by atoms with Crippen molar-refractivity contribution in [2.75, 3.05) is 11.9 Å². The minimum Gasteiger partial charge on any atom is -0.324 e. The van der Waals surface area contributed by atoms with E-state index in [1.54, 1.807) is 48.5 Å². The van der Waals surface area contributed by atoms with Crippen molar-refractivity contribution in [1.82, 2.24) is 4.31 Å². The maximum Gasteiger partial charge on any atom is 0.243 e. The summed E-state index contributed by atoms with van der Waals surface area (Å²) in [5.41, 5.74) is 1.27. The van der Waals surface area contributed by atoms with E-state index in [1.807, 2.05) is 6.07 Å². The molecule has 5 nitrogen and oxygen atoms in total. The molecular formula is C21H18BrFN2O3S. The second-order valence-corrected chi connectivity index (χ2v) is 9.03. The van der Waals surface area contributed by atoms with Gasteiger partial charge in [-0.3, -0.25) is 4.79 Å². The van der Waals surface area contributed by atoms with Crippen LogP contribution < -0.4 is 5.32 Å². The Bertz CT molecular complexity index is 1090. The van der Waals surface area contributed by atoms with Gasteiger partial charge in [0.2, 0.25) is 15.9 Å². The number of hydrogen-bond acceptors (Lipinski definition) is 3. The monoisotopic (exact) mass is 476 g/mol. The number of carbonyl (C=O) groups excluding carboxylic acids is 1. The largest absolute Gasteiger partial charge is 0.324 e. The lowest BCUT2D eigenvalue weighted by Crippen LogP contribution is -2.37. The average molecular weight is 477 g/mol. The van der Waals surface area contributed by atoms with Gasteiger partial charge in [-0.1, -0.05) is 42.5 Å². The van der Waals surface area contributed by atoms with E-state index >= 15 is 0 Å². The van der Waals surface area contributed by atoms with Crippen LogP contribution in [0.4, 0.5) is 10.1 Å². The van der Waals surface area contributed by atoms with E-state index in [0.717, 1.165) is 22.0 Å². The molecule has 0 aromatic heterocycles. The molecular weight excluding hydrogens is 459 g/mol. The SMILES string of the molecule is O=C(CN(Cc1ccccc1)S(=O)(=O)c1ccc(F)cc1)Nc1ccccc1Br. The topological polar surface area (TPSA) is 66.5 Å². The summed E-state index contributed by atoms with van der Waals surface area (Å²) in [7, 11) is -4.02. The van der Waals surface area contributed by atoms with E-state index in [0.29, 0.717) is 10.2 Å². The highest BCUT2D eigenvalue weighted by atomic mass is 79.9. The number of sulfonamides is 1. The predicted molar refractivity (Wildman–Crippen MR) is 113 cm³/mol. The van der Waals surface area contributed by atoms with Gasteiger partial charge in [-0.15, -0.1) is 0 Å². The predicted octanol–water partition coefficient (Wildman–Crippen LogP) is 4.42. The van der Waals surface area contributed by atoms with Crippen molar-refractivity contribution in [2.24, 2.45) is 0 Å². The number of nitrogens with zero attached hydrogens (tertiary/aromatic N) is 1. The maximum atomic E-state index is 13.2. The molecule has 29 heavy (non-hydrogen) atoms. The first-order valence-corrected chi connectivity index (χ1v) is 10.9. The van der Waals surface area contributed by atoms with Gasteiger partial charge in [0.05, 0.1) is 17.1 Å². The molecule has 0 saturated carbocycles. The number of rotatable bonds is 7. The highest BCUT2D eigenvalue weighted by Crippen LogP contribution is 2.22. The summed E-state index contributed by atoms with van der Waals surface area (Å²) in [4.78, 5) is 12.5. The standard InChI is InChI=1S/C21H18BrFN2O3S/c22-19-8-4-5-9-20(19)24-21(26)15-25(14-16-6-2-1-3-7-16)29(27,28)18-12-10-17(23)11-13-18/h1-13H,14-15H2,(H,24,26). The van der Waals surface area contributed by atoms with Crippen LogP contribution >= 0.6 is 15.9 Å². The van der Waals surface area contributed by atoms with Crippen LogP contribution in [0.2, 0.25) is 0 Å². The molecule has 3 aromatic rings. The molecule has 1 amide bonds. The molecule has 0 unspecified atom stereocenters. The minimum atomic E-state index is -4.02. The number of carbonyl (C=O) groups is 1. The third-order valence-corrected chi connectivity index (χ3v) is 6.62.